The van der Waals surface area contributed by atoms with E-state index >= 15 is 0 Å². The van der Waals surface area contributed by atoms with Crippen LogP contribution < -0.4 is 15.6 Å². The standard InChI is InChI=1S/C34H38N6O5/c1-20-8-9-29(23-7-4-6-22(20)23)45-19-21(41)18-36-26-10-11-35-32(42)30(26)31-37-27-16-24-25(17-28(27)38-31)34(44)40(33(24)43)15-5-14-39-12-2-3-13-39/h8-11,16-17,21,41H,2-7,12-15,18-19H2,1H3,(H,37,38)(H2,35,36,42)/t21-/m1/s1. The molecule has 7 rings (SSSR count). The normalized spacial score (nSPS) is 16.9. The third-order valence-corrected chi connectivity index (χ3v) is 9.26. The molecular formula is C34H38N6O5. The number of aromatic amines is 2. The highest BCUT2D eigenvalue weighted by atomic mass is 16.5. The van der Waals surface area contributed by atoms with Gasteiger partial charge in [0, 0.05) is 19.3 Å². The predicted octanol–water partition coefficient (Wildman–Crippen LogP) is 3.65. The third-order valence-electron chi connectivity index (χ3n) is 9.26. The first kappa shape index (κ1) is 29.2. The van der Waals surface area contributed by atoms with Gasteiger partial charge in [-0.15, -0.1) is 0 Å². The molecule has 0 spiro atoms. The second-order valence-corrected chi connectivity index (χ2v) is 12.3. The Morgan fingerprint density at radius 2 is 1.78 bits per heavy atom. The zero-order valence-corrected chi connectivity index (χ0v) is 25.4. The number of rotatable bonds is 11. The van der Waals surface area contributed by atoms with E-state index in [0.29, 0.717) is 40.2 Å². The molecule has 2 aromatic heterocycles. The van der Waals surface area contributed by atoms with Crippen LogP contribution in [0.15, 0.2) is 41.3 Å². The third kappa shape index (κ3) is 5.62. The number of ether oxygens (including phenoxy) is 1. The number of carbonyl (C=O) groups is 2. The molecule has 11 heteroatoms. The molecule has 4 N–H and O–H groups in total. The predicted molar refractivity (Wildman–Crippen MR) is 171 cm³/mol. The number of imidazole rings is 1. The van der Waals surface area contributed by atoms with E-state index in [1.54, 1.807) is 18.2 Å². The van der Waals surface area contributed by atoms with E-state index < -0.39 is 6.10 Å². The average Bonchev–Trinajstić information content (AvgIpc) is 3.84. The van der Waals surface area contributed by atoms with Crippen LogP contribution in [0.25, 0.3) is 22.4 Å². The van der Waals surface area contributed by atoms with Crippen LogP contribution in [0.3, 0.4) is 0 Å². The highest BCUT2D eigenvalue weighted by Crippen LogP contribution is 2.33. The molecule has 11 nitrogen and oxygen atoms in total. The Labute approximate surface area is 260 Å². The first-order valence-electron chi connectivity index (χ1n) is 15.9. The second-order valence-electron chi connectivity index (χ2n) is 12.3. The number of H-pyrrole nitrogens is 2. The molecule has 234 valence electrons. The Bertz CT molecular complexity index is 1790. The minimum Gasteiger partial charge on any atom is -0.491 e. The molecule has 45 heavy (non-hydrogen) atoms. The highest BCUT2D eigenvalue weighted by molar-refractivity contribution is 6.22. The van der Waals surface area contributed by atoms with Gasteiger partial charge in [-0.2, -0.15) is 0 Å². The fourth-order valence-electron chi connectivity index (χ4n) is 6.90. The first-order valence-corrected chi connectivity index (χ1v) is 15.9. The van der Waals surface area contributed by atoms with Gasteiger partial charge in [0.05, 0.1) is 27.8 Å². The molecule has 1 fully saturated rings. The van der Waals surface area contributed by atoms with Crippen LogP contribution in [0.5, 0.6) is 5.75 Å². The van der Waals surface area contributed by atoms with Crippen molar-refractivity contribution < 1.29 is 19.4 Å². The monoisotopic (exact) mass is 610 g/mol. The van der Waals surface area contributed by atoms with Crippen LogP contribution in [0.2, 0.25) is 0 Å². The quantitative estimate of drug-likeness (QED) is 0.189. The first-order chi connectivity index (χ1) is 21.9. The van der Waals surface area contributed by atoms with Crippen LogP contribution in [-0.2, 0) is 12.8 Å². The van der Waals surface area contributed by atoms with Crippen LogP contribution in [0, 0.1) is 6.92 Å². The summed E-state index contributed by atoms with van der Waals surface area (Å²) in [6, 6.07) is 9.01. The summed E-state index contributed by atoms with van der Waals surface area (Å²) >= 11 is 0. The molecule has 2 aliphatic heterocycles. The molecule has 0 saturated carbocycles. The van der Waals surface area contributed by atoms with Gasteiger partial charge in [-0.1, -0.05) is 6.07 Å². The maximum atomic E-state index is 13.2. The molecule has 0 radical (unpaired) electrons. The Morgan fingerprint density at radius 1 is 1.00 bits per heavy atom. The molecule has 2 amide bonds. The number of hydrogen-bond acceptors (Lipinski definition) is 8. The van der Waals surface area contributed by atoms with Gasteiger partial charge in [-0.3, -0.25) is 19.3 Å². The molecule has 1 aliphatic carbocycles. The lowest BCUT2D eigenvalue weighted by Gasteiger charge is -2.17. The van der Waals surface area contributed by atoms with Crippen molar-refractivity contribution in [3.8, 4) is 17.1 Å². The fourth-order valence-corrected chi connectivity index (χ4v) is 6.90. The SMILES string of the molecule is Cc1ccc(OC[C@H](O)CNc2cc[nH]c(=O)c2-c2nc3cc4c(cc3[nH]2)C(=O)N(CCCN2CCCC2)C4=O)c2c1CCC2. The van der Waals surface area contributed by atoms with Crippen molar-refractivity contribution >= 4 is 28.5 Å². The van der Waals surface area contributed by atoms with Gasteiger partial charge in [0.25, 0.3) is 17.4 Å². The summed E-state index contributed by atoms with van der Waals surface area (Å²) in [6.07, 6.45) is 7.00. The molecule has 1 atom stereocenters. The van der Waals surface area contributed by atoms with Gasteiger partial charge >= 0.3 is 0 Å². The molecule has 4 aromatic rings. The molecule has 3 aliphatic rings. The van der Waals surface area contributed by atoms with Gasteiger partial charge in [0.2, 0.25) is 0 Å². The summed E-state index contributed by atoms with van der Waals surface area (Å²) in [5, 5.41) is 13.9. The number of anilines is 1. The number of likely N-dealkylation sites (tertiary alicyclic amines) is 1. The Balaban J connectivity index is 1.04. The average molecular weight is 611 g/mol. The number of fused-ring (bicyclic) bond motifs is 3. The van der Waals surface area contributed by atoms with Crippen LogP contribution >= 0.6 is 0 Å². The van der Waals surface area contributed by atoms with E-state index in [0.717, 1.165) is 51.1 Å². The maximum absolute atomic E-state index is 13.2. The Morgan fingerprint density at radius 3 is 2.60 bits per heavy atom. The van der Waals surface area contributed by atoms with Crippen molar-refractivity contribution in [1.29, 1.82) is 0 Å². The van der Waals surface area contributed by atoms with Crippen molar-refractivity contribution in [2.24, 2.45) is 0 Å². The number of aliphatic hydroxyl groups excluding tert-OH is 1. The molecule has 0 bridgehead atoms. The van der Waals surface area contributed by atoms with Gasteiger partial charge < -0.3 is 30.0 Å². The summed E-state index contributed by atoms with van der Waals surface area (Å²) in [6.45, 7) is 5.78. The topological polar surface area (TPSA) is 144 Å². The van der Waals surface area contributed by atoms with Crippen molar-refractivity contribution in [3.63, 3.8) is 0 Å². The molecular weight excluding hydrogens is 572 g/mol. The van der Waals surface area contributed by atoms with Crippen molar-refractivity contribution in [3.05, 3.63) is 74.7 Å². The number of nitrogens with zero attached hydrogens (tertiary/aromatic N) is 3. The summed E-state index contributed by atoms with van der Waals surface area (Å²) in [4.78, 5) is 53.5. The summed E-state index contributed by atoms with van der Waals surface area (Å²) < 4.78 is 6.00. The number of imide groups is 1. The number of nitrogens with one attached hydrogen (secondary N) is 3. The van der Waals surface area contributed by atoms with E-state index in [-0.39, 0.29) is 36.1 Å². The van der Waals surface area contributed by atoms with Crippen LogP contribution in [0.1, 0.15) is 63.1 Å². The number of aromatic nitrogens is 3. The highest BCUT2D eigenvalue weighted by Gasteiger charge is 2.36. The van der Waals surface area contributed by atoms with Crippen molar-refractivity contribution in [2.45, 2.75) is 51.6 Å². The number of pyridine rings is 1. The van der Waals surface area contributed by atoms with Crippen LogP contribution in [-0.4, -0.2) is 87.1 Å². The minimum absolute atomic E-state index is 0.106. The van der Waals surface area contributed by atoms with Gasteiger partial charge in [-0.05, 0) is 106 Å². The Kier molecular flexibility index (Phi) is 7.88. The van der Waals surface area contributed by atoms with E-state index in [1.165, 1.54) is 40.6 Å². The smallest absolute Gasteiger partial charge is 0.261 e. The largest absolute Gasteiger partial charge is 0.491 e. The van der Waals surface area contributed by atoms with E-state index in [9.17, 15) is 19.5 Å². The molecule has 2 aromatic carbocycles. The minimum atomic E-state index is -0.829. The van der Waals surface area contributed by atoms with E-state index in [2.05, 4.69) is 38.2 Å². The zero-order valence-electron chi connectivity index (χ0n) is 25.4. The van der Waals surface area contributed by atoms with E-state index in [1.807, 2.05) is 6.07 Å². The van der Waals surface area contributed by atoms with Gasteiger partial charge in [-0.25, -0.2) is 4.98 Å². The lowest BCUT2D eigenvalue weighted by molar-refractivity contribution is 0.0648. The van der Waals surface area contributed by atoms with Crippen molar-refractivity contribution in [1.82, 2.24) is 24.8 Å². The maximum Gasteiger partial charge on any atom is 0.261 e. The lowest BCUT2D eigenvalue weighted by atomic mass is 10.0. The summed E-state index contributed by atoms with van der Waals surface area (Å²) in [5.41, 5.74) is 5.94. The number of aliphatic hydroxyl groups is 1. The lowest BCUT2D eigenvalue weighted by Crippen LogP contribution is -2.33. The summed E-state index contributed by atoms with van der Waals surface area (Å²) in [7, 11) is 0. The molecule has 4 heterocycles. The summed E-state index contributed by atoms with van der Waals surface area (Å²) in [5.74, 6) is 0.498. The fraction of sp³-hybridized carbons (Fsp3) is 0.412. The van der Waals surface area contributed by atoms with Crippen LogP contribution in [0.4, 0.5) is 5.69 Å². The Hall–Kier alpha value is -4.48. The number of aryl methyl sites for hydroxylation is 1. The molecule has 1 saturated heterocycles. The van der Waals surface area contributed by atoms with Crippen molar-refractivity contribution in [2.75, 3.05) is 44.6 Å². The number of hydrogen-bond donors (Lipinski definition) is 4. The van der Waals surface area contributed by atoms with Gasteiger partial charge in [0.15, 0.2) is 0 Å². The number of carbonyl (C=O) groups excluding carboxylic acids is 2. The van der Waals surface area contributed by atoms with Gasteiger partial charge in [0.1, 0.15) is 29.8 Å². The second kappa shape index (κ2) is 12.1. The molecule has 0 unspecified atom stereocenters. The van der Waals surface area contributed by atoms with E-state index in [4.69, 9.17) is 4.74 Å². The number of amides is 2. The zero-order chi connectivity index (χ0) is 31.1. The number of benzene rings is 2.